The molecule has 1 heterocycles. The highest BCUT2D eigenvalue weighted by Gasteiger charge is 2.17. The minimum Gasteiger partial charge on any atom is -0.345 e. The quantitative estimate of drug-likeness (QED) is 0.728. The van der Waals surface area contributed by atoms with E-state index in [-0.39, 0.29) is 11.9 Å². The zero-order valence-electron chi connectivity index (χ0n) is 17.8. The number of nitrogens with one attached hydrogen (secondary N) is 1. The van der Waals surface area contributed by atoms with Gasteiger partial charge >= 0.3 is 0 Å². The summed E-state index contributed by atoms with van der Waals surface area (Å²) < 4.78 is 0. The summed E-state index contributed by atoms with van der Waals surface area (Å²) in [5.41, 5.74) is 5.74. The maximum Gasteiger partial charge on any atom is 0.251 e. The van der Waals surface area contributed by atoms with E-state index in [1.54, 1.807) is 0 Å². The van der Waals surface area contributed by atoms with Crippen LogP contribution >= 0.6 is 0 Å². The summed E-state index contributed by atoms with van der Waals surface area (Å²) in [5, 5.41) is 3.20. The van der Waals surface area contributed by atoms with Gasteiger partial charge in [-0.2, -0.15) is 0 Å². The maximum atomic E-state index is 12.8. The predicted molar refractivity (Wildman–Crippen MR) is 117 cm³/mol. The molecule has 0 bridgehead atoms. The molecule has 1 atom stereocenters. The van der Waals surface area contributed by atoms with Crippen LogP contribution in [0.3, 0.4) is 0 Å². The van der Waals surface area contributed by atoms with E-state index in [1.807, 2.05) is 12.1 Å². The Morgan fingerprint density at radius 1 is 1.07 bits per heavy atom. The first kappa shape index (κ1) is 20.6. The largest absolute Gasteiger partial charge is 0.345 e. The number of carbonyl (C=O) groups excluding carboxylic acids is 1. The third-order valence-corrected chi connectivity index (χ3v) is 6.15. The van der Waals surface area contributed by atoms with E-state index in [0.29, 0.717) is 0 Å². The van der Waals surface area contributed by atoms with E-state index in [0.717, 1.165) is 24.4 Å². The average Bonchev–Trinajstić information content (AvgIpc) is 2.70. The Kier molecular flexibility index (Phi) is 6.90. The molecule has 3 rings (SSSR count). The fraction of sp³-hybridized carbons (Fsp3) is 0.480. The van der Waals surface area contributed by atoms with Crippen molar-refractivity contribution in [2.75, 3.05) is 13.1 Å². The van der Waals surface area contributed by atoms with E-state index >= 15 is 0 Å². The van der Waals surface area contributed by atoms with Crippen molar-refractivity contribution in [2.24, 2.45) is 5.92 Å². The maximum absolute atomic E-state index is 12.8. The van der Waals surface area contributed by atoms with Crippen molar-refractivity contribution in [3.8, 4) is 0 Å². The molecule has 3 heteroatoms. The number of rotatable bonds is 6. The van der Waals surface area contributed by atoms with E-state index in [2.05, 4.69) is 68.2 Å². The summed E-state index contributed by atoms with van der Waals surface area (Å²) in [6.45, 7) is 12.0. The Morgan fingerprint density at radius 2 is 1.75 bits per heavy atom. The molecule has 1 N–H and O–H groups in total. The monoisotopic (exact) mass is 378 g/mol. The second kappa shape index (κ2) is 9.38. The Morgan fingerprint density at radius 3 is 2.36 bits per heavy atom. The lowest BCUT2D eigenvalue weighted by molar-refractivity contribution is 0.0935. The molecule has 1 saturated heterocycles. The minimum absolute atomic E-state index is 0.00317. The van der Waals surface area contributed by atoms with Gasteiger partial charge < -0.3 is 5.32 Å². The third-order valence-electron chi connectivity index (χ3n) is 6.15. The number of piperidine rings is 1. The highest BCUT2D eigenvalue weighted by atomic mass is 16.1. The first-order valence-electron chi connectivity index (χ1n) is 10.7. The van der Waals surface area contributed by atoms with Crippen molar-refractivity contribution >= 4 is 5.91 Å². The summed E-state index contributed by atoms with van der Waals surface area (Å²) in [5.74, 6) is 0.856. The van der Waals surface area contributed by atoms with Crippen molar-refractivity contribution in [3.63, 3.8) is 0 Å². The normalized spacial score (nSPS) is 16.7. The number of benzene rings is 2. The number of amides is 1. The first-order chi connectivity index (χ1) is 13.5. The number of aryl methyl sites for hydroxylation is 2. The molecule has 1 amide bonds. The van der Waals surface area contributed by atoms with E-state index < -0.39 is 0 Å². The van der Waals surface area contributed by atoms with Crippen LogP contribution in [0.1, 0.15) is 71.8 Å². The SMILES string of the molecule is CCC(NC(=O)c1ccc(CN2CCC(C)CC2)cc1)c1ccc(C)c(C)c1. The van der Waals surface area contributed by atoms with Crippen molar-refractivity contribution < 1.29 is 4.79 Å². The molecule has 1 unspecified atom stereocenters. The van der Waals surface area contributed by atoms with Gasteiger partial charge in [0.2, 0.25) is 0 Å². The zero-order chi connectivity index (χ0) is 20.1. The molecule has 28 heavy (non-hydrogen) atoms. The number of likely N-dealkylation sites (tertiary alicyclic amines) is 1. The standard InChI is InChI=1S/C25H34N2O/c1-5-24(23-9-6-19(3)20(4)16-23)26-25(28)22-10-7-21(8-11-22)17-27-14-12-18(2)13-15-27/h6-11,16,18,24H,5,12-15,17H2,1-4H3,(H,26,28). The molecular formula is C25H34N2O. The summed E-state index contributed by atoms with van der Waals surface area (Å²) in [4.78, 5) is 15.3. The van der Waals surface area contributed by atoms with Crippen molar-refractivity contribution in [1.82, 2.24) is 10.2 Å². The molecule has 0 radical (unpaired) electrons. The van der Waals surface area contributed by atoms with Crippen LogP contribution in [0.4, 0.5) is 0 Å². The smallest absolute Gasteiger partial charge is 0.251 e. The van der Waals surface area contributed by atoms with E-state index in [9.17, 15) is 4.79 Å². The second-order valence-corrected chi connectivity index (χ2v) is 8.43. The summed E-state index contributed by atoms with van der Waals surface area (Å²) in [7, 11) is 0. The number of carbonyl (C=O) groups is 1. The predicted octanol–water partition coefficient (Wildman–Crippen LogP) is 5.42. The molecule has 1 aliphatic rings. The summed E-state index contributed by atoms with van der Waals surface area (Å²) >= 11 is 0. The van der Waals surface area contributed by atoms with Crippen LogP contribution in [-0.2, 0) is 6.54 Å². The van der Waals surface area contributed by atoms with Crippen LogP contribution in [0.5, 0.6) is 0 Å². The Balaban J connectivity index is 1.61. The molecule has 150 valence electrons. The minimum atomic E-state index is 0.00317. The molecule has 0 spiro atoms. The lowest BCUT2D eigenvalue weighted by Gasteiger charge is -2.30. The van der Waals surface area contributed by atoms with Crippen LogP contribution in [0.25, 0.3) is 0 Å². The van der Waals surface area contributed by atoms with Gasteiger partial charge in [-0.15, -0.1) is 0 Å². The number of nitrogens with zero attached hydrogens (tertiary/aromatic N) is 1. The molecule has 0 aromatic heterocycles. The molecule has 1 aliphatic heterocycles. The lowest BCUT2D eigenvalue weighted by atomic mass is 9.98. The van der Waals surface area contributed by atoms with Gasteiger partial charge in [-0.05, 0) is 86.5 Å². The molecule has 2 aromatic rings. The molecule has 0 saturated carbocycles. The van der Waals surface area contributed by atoms with Gasteiger partial charge in [-0.25, -0.2) is 0 Å². The van der Waals surface area contributed by atoms with Crippen molar-refractivity contribution in [2.45, 2.75) is 59.5 Å². The Labute approximate surface area is 170 Å². The second-order valence-electron chi connectivity index (χ2n) is 8.43. The van der Waals surface area contributed by atoms with Gasteiger partial charge in [-0.3, -0.25) is 9.69 Å². The van der Waals surface area contributed by atoms with Crippen LogP contribution in [0.15, 0.2) is 42.5 Å². The van der Waals surface area contributed by atoms with E-state index in [1.165, 1.54) is 48.2 Å². The van der Waals surface area contributed by atoms with Crippen LogP contribution in [0.2, 0.25) is 0 Å². The highest BCUT2D eigenvalue weighted by molar-refractivity contribution is 5.94. The molecule has 2 aromatic carbocycles. The van der Waals surface area contributed by atoms with Crippen molar-refractivity contribution in [3.05, 3.63) is 70.3 Å². The first-order valence-corrected chi connectivity index (χ1v) is 10.7. The van der Waals surface area contributed by atoms with E-state index in [4.69, 9.17) is 0 Å². The van der Waals surface area contributed by atoms with Crippen LogP contribution < -0.4 is 5.32 Å². The molecule has 3 nitrogen and oxygen atoms in total. The van der Waals surface area contributed by atoms with Crippen molar-refractivity contribution in [1.29, 1.82) is 0 Å². The van der Waals surface area contributed by atoms with Gasteiger partial charge in [0.15, 0.2) is 0 Å². The average molecular weight is 379 g/mol. The Hall–Kier alpha value is -2.13. The van der Waals surface area contributed by atoms with Gasteiger partial charge in [0.25, 0.3) is 5.91 Å². The fourth-order valence-corrected chi connectivity index (χ4v) is 3.88. The third kappa shape index (κ3) is 5.23. The fourth-order valence-electron chi connectivity index (χ4n) is 3.88. The summed E-state index contributed by atoms with van der Waals surface area (Å²) in [6.07, 6.45) is 3.45. The van der Waals surface area contributed by atoms with Crippen LogP contribution in [-0.4, -0.2) is 23.9 Å². The van der Waals surface area contributed by atoms with Gasteiger partial charge in [0.1, 0.15) is 0 Å². The Bertz CT molecular complexity index is 789. The molecule has 0 aliphatic carbocycles. The lowest BCUT2D eigenvalue weighted by Crippen LogP contribution is -2.32. The van der Waals surface area contributed by atoms with Crippen LogP contribution in [0, 0.1) is 19.8 Å². The molecular weight excluding hydrogens is 344 g/mol. The zero-order valence-corrected chi connectivity index (χ0v) is 17.8. The highest BCUT2D eigenvalue weighted by Crippen LogP contribution is 2.21. The van der Waals surface area contributed by atoms with Gasteiger partial charge in [0.05, 0.1) is 6.04 Å². The number of hydrogen-bond acceptors (Lipinski definition) is 2. The summed E-state index contributed by atoms with van der Waals surface area (Å²) in [6, 6.07) is 14.6. The topological polar surface area (TPSA) is 32.3 Å². The van der Waals surface area contributed by atoms with Gasteiger partial charge in [-0.1, -0.05) is 44.2 Å². The van der Waals surface area contributed by atoms with Gasteiger partial charge in [0, 0.05) is 12.1 Å². The molecule has 1 fully saturated rings. The number of hydrogen-bond donors (Lipinski definition) is 1.